The monoisotopic (exact) mass is 276 g/mol. The minimum absolute atomic E-state index is 0.0741. The molecule has 0 amide bonds. The van der Waals surface area contributed by atoms with Crippen LogP contribution in [0.3, 0.4) is 0 Å². The molecule has 0 spiro atoms. The van der Waals surface area contributed by atoms with Gasteiger partial charge in [0.25, 0.3) is 0 Å². The van der Waals surface area contributed by atoms with Crippen molar-refractivity contribution in [1.29, 1.82) is 0 Å². The summed E-state index contributed by atoms with van der Waals surface area (Å²) in [5.74, 6) is 0.167. The predicted molar refractivity (Wildman–Crippen MR) is 73.0 cm³/mol. The maximum Gasteiger partial charge on any atom is 0.313 e. The van der Waals surface area contributed by atoms with E-state index < -0.39 is 17.4 Å². The van der Waals surface area contributed by atoms with Gasteiger partial charge >= 0.3 is 11.9 Å². The van der Waals surface area contributed by atoms with Gasteiger partial charge in [-0.25, -0.2) is 0 Å². The van der Waals surface area contributed by atoms with Gasteiger partial charge in [0.1, 0.15) is 0 Å². The Bertz CT molecular complexity index is 493. The smallest absolute Gasteiger partial charge is 0.313 e. The summed E-state index contributed by atoms with van der Waals surface area (Å²) in [6, 6.07) is 0. The quantitative estimate of drug-likeness (QED) is 0.760. The average Bonchev–Trinajstić information content (AvgIpc) is 3.19. The number of aliphatic carboxylic acids is 2. The van der Waals surface area contributed by atoms with Gasteiger partial charge in [0.2, 0.25) is 0 Å². The highest BCUT2D eigenvalue weighted by molar-refractivity contribution is 5.78. The molecule has 4 aliphatic rings. The molecule has 0 heterocycles. The fraction of sp³-hybridized carbons (Fsp3) is 0.625. The van der Waals surface area contributed by atoms with Crippen molar-refractivity contribution in [3.8, 4) is 0 Å². The van der Waals surface area contributed by atoms with Gasteiger partial charge in [0.15, 0.2) is 0 Å². The summed E-state index contributed by atoms with van der Waals surface area (Å²) >= 11 is 0. The maximum absolute atomic E-state index is 10.7. The minimum Gasteiger partial charge on any atom is -0.481 e. The summed E-state index contributed by atoms with van der Waals surface area (Å²) in [5, 5.41) is 17.5. The van der Waals surface area contributed by atoms with Gasteiger partial charge in [-0.05, 0) is 49.9 Å². The molecule has 4 rings (SSSR count). The molecule has 4 aliphatic carbocycles. The topological polar surface area (TPSA) is 74.6 Å². The number of allylic oxidation sites excluding steroid dienone is 3. The zero-order valence-corrected chi connectivity index (χ0v) is 11.4. The molecule has 5 atom stereocenters. The Morgan fingerprint density at radius 2 is 1.85 bits per heavy atom. The van der Waals surface area contributed by atoms with Gasteiger partial charge in [-0.3, -0.25) is 9.59 Å². The molecule has 0 aromatic rings. The Balaban J connectivity index is 0.000000121. The second-order valence-corrected chi connectivity index (χ2v) is 6.55. The van der Waals surface area contributed by atoms with Crippen LogP contribution in [0.2, 0.25) is 0 Å². The number of hydrogen-bond donors (Lipinski definition) is 2. The Morgan fingerprint density at radius 1 is 1.05 bits per heavy atom. The van der Waals surface area contributed by atoms with E-state index in [1.807, 2.05) is 6.08 Å². The lowest BCUT2D eigenvalue weighted by Gasteiger charge is -2.15. The Kier molecular flexibility index (Phi) is 3.19. The highest BCUT2D eigenvalue weighted by Crippen LogP contribution is 2.49. The van der Waals surface area contributed by atoms with Gasteiger partial charge < -0.3 is 10.2 Å². The first-order valence-electron chi connectivity index (χ1n) is 7.34. The second-order valence-electron chi connectivity index (χ2n) is 6.55. The summed E-state index contributed by atoms with van der Waals surface area (Å²) in [6.07, 6.45) is 12.9. The maximum atomic E-state index is 10.7. The summed E-state index contributed by atoms with van der Waals surface area (Å²) in [7, 11) is 0. The molecule has 4 heteroatoms. The van der Waals surface area contributed by atoms with E-state index in [0.717, 1.165) is 32.1 Å². The zero-order valence-electron chi connectivity index (χ0n) is 11.4. The van der Waals surface area contributed by atoms with Crippen LogP contribution >= 0.6 is 0 Å². The Morgan fingerprint density at radius 3 is 2.10 bits per heavy atom. The number of carboxylic acid groups (broad SMARTS) is 2. The van der Waals surface area contributed by atoms with E-state index in [1.54, 1.807) is 0 Å². The molecule has 0 aliphatic heterocycles. The molecular weight excluding hydrogens is 256 g/mol. The lowest BCUT2D eigenvalue weighted by Crippen LogP contribution is -2.23. The molecule has 2 saturated carbocycles. The Hall–Kier alpha value is -1.58. The van der Waals surface area contributed by atoms with Crippen molar-refractivity contribution in [2.75, 3.05) is 0 Å². The van der Waals surface area contributed by atoms with E-state index in [0.29, 0.717) is 17.8 Å². The summed E-state index contributed by atoms with van der Waals surface area (Å²) in [6.45, 7) is 0. The molecule has 0 saturated heterocycles. The molecule has 108 valence electrons. The Labute approximate surface area is 118 Å². The number of carbonyl (C=O) groups is 2. The van der Waals surface area contributed by atoms with Crippen LogP contribution in [0, 0.1) is 29.1 Å². The zero-order chi connectivity index (χ0) is 14.3. The first kappa shape index (κ1) is 13.4. The first-order chi connectivity index (χ1) is 9.50. The van der Waals surface area contributed by atoms with Crippen molar-refractivity contribution in [3.05, 3.63) is 24.3 Å². The van der Waals surface area contributed by atoms with E-state index in [-0.39, 0.29) is 5.92 Å². The number of hydrogen-bond acceptors (Lipinski definition) is 2. The molecule has 4 nitrogen and oxygen atoms in total. The molecule has 0 radical (unpaired) electrons. The van der Waals surface area contributed by atoms with Gasteiger partial charge in [0.05, 0.1) is 11.3 Å². The first-order valence-corrected chi connectivity index (χ1v) is 7.34. The van der Waals surface area contributed by atoms with E-state index in [4.69, 9.17) is 10.2 Å². The molecule has 2 N–H and O–H groups in total. The van der Waals surface area contributed by atoms with Crippen LogP contribution in [-0.2, 0) is 9.59 Å². The van der Waals surface area contributed by atoms with Crippen LogP contribution in [0.4, 0.5) is 0 Å². The van der Waals surface area contributed by atoms with E-state index in [9.17, 15) is 9.59 Å². The molecular formula is C16H20O4. The van der Waals surface area contributed by atoms with Crippen LogP contribution in [0.1, 0.15) is 32.1 Å². The SMILES string of the molecule is O=C(O)C12C=CC(CC1)C2.O=C(O)C1CC2C=CC1C2. The third-order valence-corrected chi connectivity index (χ3v) is 5.30. The minimum atomic E-state index is -0.635. The summed E-state index contributed by atoms with van der Waals surface area (Å²) < 4.78 is 0. The van der Waals surface area contributed by atoms with E-state index in [1.165, 1.54) is 0 Å². The highest BCUT2D eigenvalue weighted by atomic mass is 16.4. The summed E-state index contributed by atoms with van der Waals surface area (Å²) in [5.41, 5.74) is -0.454. The second kappa shape index (κ2) is 4.76. The van der Waals surface area contributed by atoms with Crippen molar-refractivity contribution >= 4 is 11.9 Å². The van der Waals surface area contributed by atoms with E-state index >= 15 is 0 Å². The highest BCUT2D eigenvalue weighted by Gasteiger charge is 2.46. The number of rotatable bonds is 2. The molecule has 4 bridgehead atoms. The van der Waals surface area contributed by atoms with Crippen LogP contribution in [0.5, 0.6) is 0 Å². The molecule has 0 aromatic carbocycles. The van der Waals surface area contributed by atoms with Crippen molar-refractivity contribution < 1.29 is 19.8 Å². The predicted octanol–water partition coefficient (Wildman–Crippen LogP) is 2.71. The van der Waals surface area contributed by atoms with Crippen LogP contribution in [0.15, 0.2) is 24.3 Å². The molecule has 20 heavy (non-hydrogen) atoms. The fourth-order valence-corrected chi connectivity index (χ4v) is 4.08. The van der Waals surface area contributed by atoms with Gasteiger partial charge in [-0.15, -0.1) is 0 Å². The van der Waals surface area contributed by atoms with Gasteiger partial charge in [0, 0.05) is 0 Å². The van der Waals surface area contributed by atoms with Crippen molar-refractivity contribution in [2.24, 2.45) is 29.1 Å². The lowest BCUT2D eigenvalue weighted by atomic mass is 9.88. The third kappa shape index (κ3) is 2.17. The van der Waals surface area contributed by atoms with Gasteiger partial charge in [-0.2, -0.15) is 0 Å². The average molecular weight is 276 g/mol. The van der Waals surface area contributed by atoms with Crippen LogP contribution in [-0.4, -0.2) is 22.2 Å². The third-order valence-electron chi connectivity index (χ3n) is 5.30. The normalized spacial score (nSPS) is 42.6. The van der Waals surface area contributed by atoms with E-state index in [2.05, 4.69) is 18.2 Å². The number of fused-ring (bicyclic) bond motifs is 4. The largest absolute Gasteiger partial charge is 0.481 e. The van der Waals surface area contributed by atoms with Crippen molar-refractivity contribution in [3.63, 3.8) is 0 Å². The lowest BCUT2D eigenvalue weighted by molar-refractivity contribution is -0.145. The van der Waals surface area contributed by atoms with Crippen molar-refractivity contribution in [2.45, 2.75) is 32.1 Å². The van der Waals surface area contributed by atoms with Crippen molar-refractivity contribution in [1.82, 2.24) is 0 Å². The number of carboxylic acids is 2. The standard InChI is InChI=1S/2C8H10O2/c9-7(10)8-3-1-6(5-8)2-4-8;9-8(10)7-4-5-1-2-6(7)3-5/h1,3,6H,2,4-5H2,(H,9,10);1-2,5-7H,3-4H2,(H,9,10). The van der Waals surface area contributed by atoms with Crippen LogP contribution in [0.25, 0.3) is 0 Å². The molecule has 0 aromatic heterocycles. The van der Waals surface area contributed by atoms with Gasteiger partial charge in [-0.1, -0.05) is 24.3 Å². The molecule has 2 fully saturated rings. The summed E-state index contributed by atoms with van der Waals surface area (Å²) in [4.78, 5) is 21.3. The fourth-order valence-electron chi connectivity index (χ4n) is 4.08. The van der Waals surface area contributed by atoms with Crippen LogP contribution < -0.4 is 0 Å². The molecule has 5 unspecified atom stereocenters.